The van der Waals surface area contributed by atoms with Crippen molar-refractivity contribution in [2.45, 2.75) is 13.8 Å². The first-order valence-electron chi connectivity index (χ1n) is 11.7. The van der Waals surface area contributed by atoms with Crippen molar-refractivity contribution in [2.75, 3.05) is 38.1 Å². The highest BCUT2D eigenvalue weighted by atomic mass is 16.3. The molecule has 0 aliphatic carbocycles. The van der Waals surface area contributed by atoms with Gasteiger partial charge < -0.3 is 24.9 Å². The number of fused-ring (bicyclic) bond motifs is 2. The molecular formula is C27H28N6O. The lowest BCUT2D eigenvalue weighted by molar-refractivity contribution is 0.313. The number of hydrogen-bond donors (Lipinski definition) is 3. The Morgan fingerprint density at radius 2 is 1.32 bits per heavy atom. The number of phenols is 1. The van der Waals surface area contributed by atoms with E-state index >= 15 is 0 Å². The quantitative estimate of drug-likeness (QED) is 0.365. The topological polar surface area (TPSA) is 84.1 Å². The predicted octanol–water partition coefficient (Wildman–Crippen LogP) is 4.85. The van der Waals surface area contributed by atoms with Crippen molar-refractivity contribution >= 4 is 27.8 Å². The van der Waals surface area contributed by atoms with Crippen LogP contribution in [0.1, 0.15) is 11.1 Å². The third kappa shape index (κ3) is 3.58. The number of hydrogen-bond acceptors (Lipinski definition) is 5. The summed E-state index contributed by atoms with van der Waals surface area (Å²) >= 11 is 0. The number of aromatic nitrogens is 4. The molecule has 7 heteroatoms. The average molecular weight is 453 g/mol. The van der Waals surface area contributed by atoms with E-state index in [-0.39, 0.29) is 0 Å². The van der Waals surface area contributed by atoms with E-state index in [0.717, 1.165) is 82.1 Å². The van der Waals surface area contributed by atoms with E-state index in [9.17, 15) is 5.11 Å². The number of nitrogens with one attached hydrogen (secondary N) is 2. The number of aromatic amines is 2. The smallest absolute Gasteiger partial charge is 0.138 e. The number of nitrogens with zero attached hydrogens (tertiary/aromatic N) is 4. The highest BCUT2D eigenvalue weighted by Gasteiger charge is 2.16. The van der Waals surface area contributed by atoms with Crippen molar-refractivity contribution in [1.82, 2.24) is 24.8 Å². The van der Waals surface area contributed by atoms with Gasteiger partial charge in [-0.2, -0.15) is 0 Å². The maximum Gasteiger partial charge on any atom is 0.138 e. The number of H-pyrrole nitrogens is 2. The molecular weight excluding hydrogens is 424 g/mol. The molecule has 0 spiro atoms. The molecule has 2 aromatic heterocycles. The zero-order chi connectivity index (χ0) is 23.4. The summed E-state index contributed by atoms with van der Waals surface area (Å²) in [5.41, 5.74) is 8.77. The maximum atomic E-state index is 10.1. The first-order chi connectivity index (χ1) is 16.4. The molecule has 34 heavy (non-hydrogen) atoms. The number of phenolic OH excluding ortho intramolecular Hbond substituents is 1. The SMILES string of the molecule is Cc1cc(-c2nc3ccc(-c4nc5ccc(N6CCN(C)CC6)cc5[nH]4)cc3[nH]2)cc(C)c1O. The zero-order valence-electron chi connectivity index (χ0n) is 19.7. The van der Waals surface area contributed by atoms with Crippen LogP contribution in [0.5, 0.6) is 5.75 Å². The van der Waals surface area contributed by atoms with E-state index < -0.39 is 0 Å². The molecule has 3 N–H and O–H groups in total. The van der Waals surface area contributed by atoms with Gasteiger partial charge in [0.05, 0.1) is 22.1 Å². The number of anilines is 1. The number of likely N-dealkylation sites (N-methyl/N-ethyl adjacent to an activating group) is 1. The molecule has 1 saturated heterocycles. The zero-order valence-corrected chi connectivity index (χ0v) is 19.7. The second-order valence-corrected chi connectivity index (χ2v) is 9.35. The van der Waals surface area contributed by atoms with Gasteiger partial charge in [0.15, 0.2) is 0 Å². The summed E-state index contributed by atoms with van der Waals surface area (Å²) in [6, 6.07) is 16.6. The Bertz CT molecular complexity index is 1500. The molecule has 0 unspecified atom stereocenters. The van der Waals surface area contributed by atoms with E-state index in [1.165, 1.54) is 5.69 Å². The van der Waals surface area contributed by atoms with Crippen LogP contribution in [0.2, 0.25) is 0 Å². The van der Waals surface area contributed by atoms with E-state index in [4.69, 9.17) is 9.97 Å². The van der Waals surface area contributed by atoms with Gasteiger partial charge in [0, 0.05) is 43.0 Å². The van der Waals surface area contributed by atoms with Crippen LogP contribution in [-0.4, -0.2) is 63.2 Å². The van der Waals surface area contributed by atoms with Gasteiger partial charge in [-0.25, -0.2) is 9.97 Å². The molecule has 1 fully saturated rings. The predicted molar refractivity (Wildman–Crippen MR) is 137 cm³/mol. The molecule has 172 valence electrons. The summed E-state index contributed by atoms with van der Waals surface area (Å²) < 4.78 is 0. The first-order valence-corrected chi connectivity index (χ1v) is 11.7. The Morgan fingerprint density at radius 1 is 0.735 bits per heavy atom. The Balaban J connectivity index is 1.33. The Hall–Kier alpha value is -3.84. The van der Waals surface area contributed by atoms with Gasteiger partial charge in [-0.3, -0.25) is 0 Å². The van der Waals surface area contributed by atoms with Crippen molar-refractivity contribution in [3.05, 3.63) is 59.7 Å². The fourth-order valence-electron chi connectivity index (χ4n) is 4.78. The van der Waals surface area contributed by atoms with Crippen molar-refractivity contribution < 1.29 is 5.11 Å². The van der Waals surface area contributed by atoms with E-state index in [2.05, 4.69) is 57.1 Å². The van der Waals surface area contributed by atoms with Crippen LogP contribution in [0.25, 0.3) is 44.8 Å². The van der Waals surface area contributed by atoms with Gasteiger partial charge in [-0.15, -0.1) is 0 Å². The molecule has 6 rings (SSSR count). The maximum absolute atomic E-state index is 10.1. The van der Waals surface area contributed by atoms with Crippen LogP contribution in [0, 0.1) is 13.8 Å². The molecule has 3 aromatic carbocycles. The van der Waals surface area contributed by atoms with Crippen LogP contribution in [0.3, 0.4) is 0 Å². The lowest BCUT2D eigenvalue weighted by atomic mass is 10.1. The first kappa shape index (κ1) is 20.7. The molecule has 5 aromatic rings. The van der Waals surface area contributed by atoms with Crippen LogP contribution >= 0.6 is 0 Å². The third-order valence-corrected chi connectivity index (χ3v) is 6.85. The molecule has 0 atom stereocenters. The summed E-state index contributed by atoms with van der Waals surface area (Å²) in [4.78, 5) is 21.4. The fraction of sp³-hybridized carbons (Fsp3) is 0.259. The Kier molecular flexibility index (Phi) is 4.81. The number of benzene rings is 3. The lowest BCUT2D eigenvalue weighted by Gasteiger charge is -2.34. The van der Waals surface area contributed by atoms with Crippen molar-refractivity contribution in [2.24, 2.45) is 0 Å². The van der Waals surface area contributed by atoms with Crippen LogP contribution < -0.4 is 4.90 Å². The summed E-state index contributed by atoms with van der Waals surface area (Å²) in [5.74, 6) is 1.97. The fourth-order valence-corrected chi connectivity index (χ4v) is 4.78. The average Bonchev–Trinajstić information content (AvgIpc) is 3.46. The van der Waals surface area contributed by atoms with Gasteiger partial charge in [0.25, 0.3) is 0 Å². The lowest BCUT2D eigenvalue weighted by Crippen LogP contribution is -2.44. The van der Waals surface area contributed by atoms with Gasteiger partial charge >= 0.3 is 0 Å². The van der Waals surface area contributed by atoms with Gasteiger partial charge in [-0.1, -0.05) is 0 Å². The molecule has 1 aliphatic rings. The summed E-state index contributed by atoms with van der Waals surface area (Å²) in [5, 5.41) is 10.1. The van der Waals surface area contributed by atoms with Crippen LogP contribution in [0.15, 0.2) is 48.5 Å². The van der Waals surface area contributed by atoms with Gasteiger partial charge in [-0.05, 0) is 80.6 Å². The monoisotopic (exact) mass is 452 g/mol. The van der Waals surface area contributed by atoms with Crippen molar-refractivity contribution in [3.8, 4) is 28.5 Å². The highest BCUT2D eigenvalue weighted by molar-refractivity contribution is 5.87. The number of rotatable bonds is 3. The van der Waals surface area contributed by atoms with Gasteiger partial charge in [0.1, 0.15) is 17.4 Å². The summed E-state index contributed by atoms with van der Waals surface area (Å²) in [6.45, 7) is 8.07. The molecule has 0 amide bonds. The van der Waals surface area contributed by atoms with E-state index in [0.29, 0.717) is 5.75 Å². The number of aromatic hydroxyl groups is 1. The second-order valence-electron chi connectivity index (χ2n) is 9.35. The largest absolute Gasteiger partial charge is 0.507 e. The summed E-state index contributed by atoms with van der Waals surface area (Å²) in [7, 11) is 2.17. The van der Waals surface area contributed by atoms with Crippen molar-refractivity contribution in [1.29, 1.82) is 0 Å². The highest BCUT2D eigenvalue weighted by Crippen LogP contribution is 2.31. The normalized spacial score (nSPS) is 15.0. The van der Waals surface area contributed by atoms with Gasteiger partial charge in [0.2, 0.25) is 0 Å². The standard InChI is InChI=1S/C27H28N6O/c1-16-12-19(13-17(2)25(16)34)27-29-21-6-4-18(14-23(21)30-27)26-28-22-7-5-20(15-24(22)31-26)33-10-8-32(3)9-11-33/h4-7,12-15,34H,8-11H2,1-3H3,(H,28,31)(H,29,30). The molecule has 0 bridgehead atoms. The van der Waals surface area contributed by atoms with E-state index in [1.54, 1.807) is 0 Å². The minimum Gasteiger partial charge on any atom is -0.507 e. The van der Waals surface area contributed by atoms with Crippen molar-refractivity contribution in [3.63, 3.8) is 0 Å². The number of imidazole rings is 2. The Morgan fingerprint density at radius 3 is 2.00 bits per heavy atom. The minimum absolute atomic E-state index is 0.336. The van der Waals surface area contributed by atoms with E-state index in [1.807, 2.05) is 32.0 Å². The molecule has 3 heterocycles. The molecule has 0 radical (unpaired) electrons. The molecule has 1 aliphatic heterocycles. The molecule has 0 saturated carbocycles. The molecule has 7 nitrogen and oxygen atoms in total. The van der Waals surface area contributed by atoms with Crippen LogP contribution in [0.4, 0.5) is 5.69 Å². The number of aryl methyl sites for hydroxylation is 2. The number of piperazine rings is 1. The third-order valence-electron chi connectivity index (χ3n) is 6.85. The summed E-state index contributed by atoms with van der Waals surface area (Å²) in [6.07, 6.45) is 0. The second kappa shape index (κ2) is 7.88. The van der Waals surface area contributed by atoms with Crippen LogP contribution in [-0.2, 0) is 0 Å². The minimum atomic E-state index is 0.336. The Labute approximate surface area is 198 Å².